The van der Waals surface area contributed by atoms with Crippen LogP contribution in [-0.4, -0.2) is 100 Å². The molecule has 3 atom stereocenters. The Morgan fingerprint density at radius 3 is 2.33 bits per heavy atom. The number of piperazine rings is 1. The highest BCUT2D eigenvalue weighted by molar-refractivity contribution is 6.23. The molecule has 0 radical (unpaired) electrons. The van der Waals surface area contributed by atoms with Gasteiger partial charge in [-0.2, -0.15) is 0 Å². The van der Waals surface area contributed by atoms with Crippen LogP contribution < -0.4 is 20.9 Å². The number of fused-ring (bicyclic) bond motifs is 3. The summed E-state index contributed by atoms with van der Waals surface area (Å²) in [5, 5.41) is 10.3. The fourth-order valence-electron chi connectivity index (χ4n) is 7.22. The summed E-state index contributed by atoms with van der Waals surface area (Å²) in [5.41, 5.74) is 6.99. The van der Waals surface area contributed by atoms with Gasteiger partial charge in [-0.3, -0.25) is 39.1 Å². The highest BCUT2D eigenvalue weighted by atomic mass is 16.2. The molecule has 6 aliphatic rings. The number of nitrogens with two attached hydrogens (primary N) is 1. The van der Waals surface area contributed by atoms with E-state index in [-0.39, 0.29) is 24.4 Å². The van der Waals surface area contributed by atoms with Gasteiger partial charge in [-0.1, -0.05) is 0 Å². The molecule has 2 aromatic rings. The Morgan fingerprint density at radius 2 is 1.67 bits per heavy atom. The summed E-state index contributed by atoms with van der Waals surface area (Å²) in [6.07, 6.45) is 3.45. The molecule has 1 aromatic carbocycles. The third-order valence-electron chi connectivity index (χ3n) is 9.35. The number of nitrogens with zero attached hydrogens (tertiary/aromatic N) is 6. The van der Waals surface area contributed by atoms with Gasteiger partial charge in [-0.25, -0.2) is 0 Å². The molecule has 7 heterocycles. The second-order valence-corrected chi connectivity index (χ2v) is 11.9. The largest absolute Gasteiger partial charge is 0.364 e. The summed E-state index contributed by atoms with van der Waals surface area (Å²) >= 11 is 0. The maximum atomic E-state index is 13.3. The molecule has 0 saturated carbocycles. The molecule has 3 N–H and O–H groups in total. The van der Waals surface area contributed by atoms with Crippen molar-refractivity contribution in [3.05, 3.63) is 47.2 Å². The van der Waals surface area contributed by atoms with E-state index in [0.717, 1.165) is 68.4 Å². The average molecular weight is 573 g/mol. The lowest BCUT2D eigenvalue weighted by Gasteiger charge is -2.58. The first kappa shape index (κ1) is 26.5. The van der Waals surface area contributed by atoms with Crippen LogP contribution in [0, 0.1) is 5.92 Å². The van der Waals surface area contributed by atoms with Crippen LogP contribution in [0.4, 0.5) is 11.5 Å². The van der Waals surface area contributed by atoms with Crippen molar-refractivity contribution in [3.8, 4) is 0 Å². The number of nitrogens with one attached hydrogen (secondary N) is 1. The minimum Gasteiger partial charge on any atom is -0.364 e. The fraction of sp³-hybridized carbons (Fsp3) is 0.483. The predicted molar refractivity (Wildman–Crippen MR) is 150 cm³/mol. The zero-order chi connectivity index (χ0) is 29.1. The Hall–Kier alpha value is -4.39. The predicted octanol–water partition coefficient (Wildman–Crippen LogP) is 0.156. The van der Waals surface area contributed by atoms with Crippen molar-refractivity contribution in [2.45, 2.75) is 50.2 Å². The van der Waals surface area contributed by atoms with Gasteiger partial charge >= 0.3 is 0 Å². The fourth-order valence-corrected chi connectivity index (χ4v) is 7.22. The Bertz CT molecular complexity index is 1480. The summed E-state index contributed by atoms with van der Waals surface area (Å²) in [7, 11) is 0. The standard InChI is InChI=1S/C29H32N8O5/c30-26(39)22-3-5-24(33-32-22)35-9-7-16(8-10-35)13-34-14-18-11-19(15-34)36(18)17-1-2-20-21(12-17)29(42)37(28(20)41)23-4-6-25(38)31-27(23)40/h1-3,5,12,16,18-19,23H,4,6-11,13-15H2,(H2,30,39)(H,31,38,40). The highest BCUT2D eigenvalue weighted by Gasteiger charge is 2.48. The van der Waals surface area contributed by atoms with Crippen molar-refractivity contribution in [2.75, 3.05) is 42.5 Å². The van der Waals surface area contributed by atoms with Crippen molar-refractivity contribution in [1.29, 1.82) is 0 Å². The number of benzene rings is 1. The van der Waals surface area contributed by atoms with E-state index in [1.165, 1.54) is 0 Å². The molecule has 218 valence electrons. The molecule has 13 nitrogen and oxygen atoms in total. The number of amides is 5. The molecule has 5 amide bonds. The topological polar surface area (TPSA) is 162 Å². The van der Waals surface area contributed by atoms with Gasteiger partial charge in [0.15, 0.2) is 11.5 Å². The Balaban J connectivity index is 0.951. The van der Waals surface area contributed by atoms with E-state index < -0.39 is 29.7 Å². The highest BCUT2D eigenvalue weighted by Crippen LogP contribution is 2.40. The lowest BCUT2D eigenvalue weighted by Crippen LogP contribution is -2.69. The number of hydrogen-bond donors (Lipinski definition) is 2. The Morgan fingerprint density at radius 1 is 0.929 bits per heavy atom. The summed E-state index contributed by atoms with van der Waals surface area (Å²) in [4.78, 5) is 69.6. The number of aromatic nitrogens is 2. The number of anilines is 2. The number of imide groups is 2. The van der Waals surface area contributed by atoms with Crippen molar-refractivity contribution in [1.82, 2.24) is 25.3 Å². The van der Waals surface area contributed by atoms with Crippen molar-refractivity contribution < 1.29 is 24.0 Å². The van der Waals surface area contributed by atoms with Gasteiger partial charge in [-0.15, -0.1) is 10.2 Å². The van der Waals surface area contributed by atoms with Crippen LogP contribution >= 0.6 is 0 Å². The van der Waals surface area contributed by atoms with Crippen LogP contribution in [0.3, 0.4) is 0 Å². The second kappa shape index (κ2) is 10.2. The van der Waals surface area contributed by atoms with Crippen molar-refractivity contribution in [2.24, 2.45) is 11.7 Å². The molecule has 5 saturated heterocycles. The zero-order valence-electron chi connectivity index (χ0n) is 23.1. The quantitative estimate of drug-likeness (QED) is 0.456. The maximum Gasteiger partial charge on any atom is 0.269 e. The number of carbonyl (C=O) groups is 5. The lowest BCUT2D eigenvalue weighted by atomic mass is 9.85. The van der Waals surface area contributed by atoms with Crippen LogP contribution in [0.15, 0.2) is 30.3 Å². The number of primary amides is 1. The summed E-state index contributed by atoms with van der Waals surface area (Å²) in [6, 6.07) is 8.55. The molecule has 2 bridgehead atoms. The van der Waals surface area contributed by atoms with Crippen LogP contribution in [0.25, 0.3) is 0 Å². The molecular formula is C29H32N8O5. The molecule has 0 spiro atoms. The smallest absolute Gasteiger partial charge is 0.269 e. The zero-order valence-corrected chi connectivity index (χ0v) is 23.1. The van der Waals surface area contributed by atoms with Crippen LogP contribution in [0.5, 0.6) is 0 Å². The molecule has 0 aliphatic carbocycles. The first-order chi connectivity index (χ1) is 20.3. The SMILES string of the molecule is NC(=O)c1ccc(N2CCC(CN3CC4CC(C3)N4c3ccc4c(c3)C(=O)N(C3CCC(=O)NC3=O)C4=O)CC2)nn1. The third kappa shape index (κ3) is 4.48. The van der Waals surface area contributed by atoms with E-state index in [2.05, 4.69) is 30.2 Å². The molecule has 6 aliphatic heterocycles. The number of rotatable bonds is 6. The van der Waals surface area contributed by atoms with Gasteiger partial charge in [-0.05, 0) is 61.9 Å². The van der Waals surface area contributed by atoms with Gasteiger partial charge in [0.2, 0.25) is 11.8 Å². The van der Waals surface area contributed by atoms with Crippen molar-refractivity contribution in [3.63, 3.8) is 0 Å². The Kier molecular flexibility index (Phi) is 6.41. The van der Waals surface area contributed by atoms with Crippen LogP contribution in [0.1, 0.15) is 63.3 Å². The first-order valence-electron chi connectivity index (χ1n) is 14.5. The van der Waals surface area contributed by atoms with Gasteiger partial charge in [0.1, 0.15) is 6.04 Å². The normalized spacial score (nSPS) is 26.3. The van der Waals surface area contributed by atoms with E-state index in [1.54, 1.807) is 24.3 Å². The van der Waals surface area contributed by atoms with Gasteiger partial charge in [0.05, 0.1) is 11.1 Å². The minimum absolute atomic E-state index is 0.0999. The first-order valence-corrected chi connectivity index (χ1v) is 14.5. The molecule has 42 heavy (non-hydrogen) atoms. The number of hydrogen-bond acceptors (Lipinski definition) is 10. The summed E-state index contributed by atoms with van der Waals surface area (Å²) in [5.74, 6) is -1.16. The Labute approximate surface area is 242 Å². The van der Waals surface area contributed by atoms with Crippen molar-refractivity contribution >= 4 is 41.0 Å². The molecule has 3 unspecified atom stereocenters. The molecule has 5 fully saturated rings. The van der Waals surface area contributed by atoms with E-state index >= 15 is 0 Å². The molecule has 8 rings (SSSR count). The van der Waals surface area contributed by atoms with Gasteiger partial charge in [0, 0.05) is 56.9 Å². The second-order valence-electron chi connectivity index (χ2n) is 11.9. The maximum absolute atomic E-state index is 13.3. The van der Waals surface area contributed by atoms with E-state index in [1.807, 2.05) is 6.07 Å². The molecule has 13 heteroatoms. The van der Waals surface area contributed by atoms with Crippen LogP contribution in [0.2, 0.25) is 0 Å². The monoisotopic (exact) mass is 572 g/mol. The number of piperidine rings is 3. The summed E-state index contributed by atoms with van der Waals surface area (Å²) in [6.45, 7) is 4.71. The summed E-state index contributed by atoms with van der Waals surface area (Å²) < 4.78 is 0. The lowest BCUT2D eigenvalue weighted by molar-refractivity contribution is -0.136. The van der Waals surface area contributed by atoms with E-state index in [9.17, 15) is 24.0 Å². The third-order valence-corrected chi connectivity index (χ3v) is 9.35. The minimum atomic E-state index is -0.960. The van der Waals surface area contributed by atoms with E-state index in [4.69, 9.17) is 5.73 Å². The molecular weight excluding hydrogens is 540 g/mol. The molecule has 1 aromatic heterocycles. The number of carbonyl (C=O) groups excluding carboxylic acids is 5. The van der Waals surface area contributed by atoms with Gasteiger partial charge < -0.3 is 15.5 Å². The van der Waals surface area contributed by atoms with Crippen LogP contribution in [-0.2, 0) is 9.59 Å². The average Bonchev–Trinajstić information content (AvgIpc) is 3.22. The van der Waals surface area contributed by atoms with E-state index in [0.29, 0.717) is 29.1 Å². The van der Waals surface area contributed by atoms with Gasteiger partial charge in [0.25, 0.3) is 17.7 Å².